The monoisotopic (exact) mass is 387 g/mol. The van der Waals surface area contributed by atoms with Gasteiger partial charge < -0.3 is 19.5 Å². The fourth-order valence-electron chi connectivity index (χ4n) is 3.40. The summed E-state index contributed by atoms with van der Waals surface area (Å²) in [4.78, 5) is 11.9. The molecule has 6 heteroatoms. The molecule has 2 aromatic rings. The lowest BCUT2D eigenvalue weighted by Crippen LogP contribution is -2.35. The summed E-state index contributed by atoms with van der Waals surface area (Å²) in [7, 11) is 3.28. The van der Waals surface area contributed by atoms with Gasteiger partial charge in [-0.3, -0.25) is 4.79 Å². The first-order valence-corrected chi connectivity index (χ1v) is 9.46. The molecule has 27 heavy (non-hydrogen) atoms. The Balaban J connectivity index is 1.56. The summed E-state index contributed by atoms with van der Waals surface area (Å²) in [5, 5.41) is 3.54. The van der Waals surface area contributed by atoms with Gasteiger partial charge >= 0.3 is 0 Å². The van der Waals surface area contributed by atoms with Crippen molar-refractivity contribution in [1.29, 1.82) is 0 Å². The molecule has 1 aliphatic carbocycles. The van der Waals surface area contributed by atoms with E-state index in [4.69, 9.17) is 25.8 Å². The van der Waals surface area contributed by atoms with Crippen molar-refractivity contribution in [1.82, 2.24) is 5.32 Å². The minimum atomic E-state index is -0.0948. The predicted octanol–water partition coefficient (Wildman–Crippen LogP) is 3.85. The van der Waals surface area contributed by atoms with Gasteiger partial charge in [-0.25, -0.2) is 0 Å². The number of amides is 1. The van der Waals surface area contributed by atoms with Crippen molar-refractivity contribution in [3.8, 4) is 28.4 Å². The average Bonchev–Trinajstić information content (AvgIpc) is 3.45. The van der Waals surface area contributed by atoms with Crippen LogP contribution in [-0.4, -0.2) is 32.8 Å². The Morgan fingerprint density at radius 2 is 2.04 bits per heavy atom. The van der Waals surface area contributed by atoms with Crippen LogP contribution in [0.5, 0.6) is 17.2 Å². The topological polar surface area (TPSA) is 56.8 Å². The molecule has 1 N–H and O–H groups in total. The van der Waals surface area contributed by atoms with Crippen LogP contribution in [0.2, 0.25) is 5.02 Å². The van der Waals surface area contributed by atoms with Crippen molar-refractivity contribution in [3.63, 3.8) is 0 Å². The maximum Gasteiger partial charge on any atom is 0.223 e. The number of carbonyl (C=O) groups excluding carboxylic acids is 1. The number of ether oxygens (including phenoxy) is 3. The van der Waals surface area contributed by atoms with Gasteiger partial charge in [0.05, 0.1) is 25.8 Å². The van der Waals surface area contributed by atoms with E-state index in [9.17, 15) is 4.79 Å². The molecule has 1 fully saturated rings. The highest BCUT2D eigenvalue weighted by molar-refractivity contribution is 6.32. The smallest absolute Gasteiger partial charge is 0.223 e. The highest BCUT2D eigenvalue weighted by atomic mass is 35.5. The lowest BCUT2D eigenvalue weighted by Gasteiger charge is -2.13. The van der Waals surface area contributed by atoms with E-state index in [1.807, 2.05) is 24.3 Å². The zero-order valence-electron chi connectivity index (χ0n) is 15.4. The fourth-order valence-corrected chi connectivity index (χ4v) is 3.68. The molecule has 0 unspecified atom stereocenters. The molecule has 0 bridgehead atoms. The molecule has 0 spiro atoms. The average molecular weight is 388 g/mol. The molecule has 0 aromatic heterocycles. The van der Waals surface area contributed by atoms with Gasteiger partial charge in [0.1, 0.15) is 23.4 Å². The van der Waals surface area contributed by atoms with Crippen LogP contribution in [0.4, 0.5) is 0 Å². The number of rotatable bonds is 6. The first-order chi connectivity index (χ1) is 13.1. The number of nitrogens with one attached hydrogen (secondary N) is 1. The van der Waals surface area contributed by atoms with Gasteiger partial charge in [0.2, 0.25) is 5.91 Å². The Labute approximate surface area is 163 Å². The normalized spacial score (nSPS) is 17.8. The van der Waals surface area contributed by atoms with Crippen LogP contribution >= 0.6 is 11.6 Å². The summed E-state index contributed by atoms with van der Waals surface area (Å²) in [5.74, 6) is 2.53. The summed E-state index contributed by atoms with van der Waals surface area (Å²) in [6.07, 6.45) is 2.60. The summed E-state index contributed by atoms with van der Waals surface area (Å²) in [5.41, 5.74) is 2.89. The number of halogens is 1. The third-order valence-electron chi connectivity index (χ3n) is 5.02. The van der Waals surface area contributed by atoms with Gasteiger partial charge in [0.25, 0.3) is 0 Å². The second-order valence-corrected chi connectivity index (χ2v) is 7.38. The Hall–Kier alpha value is -2.40. The molecule has 2 aliphatic rings. The highest BCUT2D eigenvalue weighted by Gasteiger charge is 2.31. The van der Waals surface area contributed by atoms with Gasteiger partial charge in [-0.1, -0.05) is 11.6 Å². The van der Waals surface area contributed by atoms with E-state index in [1.54, 1.807) is 14.2 Å². The van der Waals surface area contributed by atoms with E-state index < -0.39 is 0 Å². The van der Waals surface area contributed by atoms with E-state index in [1.165, 1.54) is 0 Å². The molecule has 5 nitrogen and oxygen atoms in total. The van der Waals surface area contributed by atoms with Crippen molar-refractivity contribution in [2.24, 2.45) is 5.92 Å². The maximum atomic E-state index is 11.9. The van der Waals surface area contributed by atoms with Crippen molar-refractivity contribution in [3.05, 3.63) is 40.9 Å². The first-order valence-electron chi connectivity index (χ1n) is 9.08. The van der Waals surface area contributed by atoms with Crippen LogP contribution in [0.1, 0.15) is 18.4 Å². The summed E-state index contributed by atoms with van der Waals surface area (Å²) in [6.45, 7) is 0.498. The molecular weight excluding hydrogens is 366 g/mol. The van der Waals surface area contributed by atoms with Crippen molar-refractivity contribution < 1.29 is 19.0 Å². The summed E-state index contributed by atoms with van der Waals surface area (Å²) in [6, 6.07) is 9.62. The molecule has 1 heterocycles. The lowest BCUT2D eigenvalue weighted by atomic mass is 9.99. The number of hydrogen-bond acceptors (Lipinski definition) is 4. The second-order valence-electron chi connectivity index (χ2n) is 6.98. The minimum absolute atomic E-state index is 0.0948. The molecule has 0 radical (unpaired) electrons. The van der Waals surface area contributed by atoms with Crippen LogP contribution < -0.4 is 19.5 Å². The Bertz CT molecular complexity index is 879. The Morgan fingerprint density at radius 3 is 2.74 bits per heavy atom. The minimum Gasteiger partial charge on any atom is -0.497 e. The van der Waals surface area contributed by atoms with Crippen LogP contribution in [0.3, 0.4) is 0 Å². The SMILES string of the molecule is COc1ccc(OC)c(-c2cc(Cl)c3c(c2)C[C@@H](CNC(=O)C2CC2)O3)c1. The summed E-state index contributed by atoms with van der Waals surface area (Å²) < 4.78 is 16.8. The molecule has 4 rings (SSSR count). The largest absolute Gasteiger partial charge is 0.497 e. The van der Waals surface area contributed by atoms with Crippen LogP contribution in [-0.2, 0) is 11.2 Å². The molecule has 2 aromatic carbocycles. The van der Waals surface area contributed by atoms with Crippen LogP contribution in [0, 0.1) is 5.92 Å². The van der Waals surface area contributed by atoms with Crippen molar-refractivity contribution in [2.45, 2.75) is 25.4 Å². The lowest BCUT2D eigenvalue weighted by molar-refractivity contribution is -0.122. The third kappa shape index (κ3) is 3.69. The number of methoxy groups -OCH3 is 2. The van der Waals surface area contributed by atoms with Gasteiger partial charge in [0.15, 0.2) is 0 Å². The van der Waals surface area contributed by atoms with Crippen LogP contribution in [0.15, 0.2) is 30.3 Å². The zero-order chi connectivity index (χ0) is 19.0. The van der Waals surface area contributed by atoms with Crippen molar-refractivity contribution >= 4 is 17.5 Å². The second kappa shape index (κ2) is 7.31. The number of carbonyl (C=O) groups is 1. The maximum absolute atomic E-state index is 11.9. The quantitative estimate of drug-likeness (QED) is 0.817. The number of hydrogen-bond donors (Lipinski definition) is 1. The molecule has 1 atom stereocenters. The molecule has 1 saturated carbocycles. The molecule has 1 amide bonds. The van der Waals surface area contributed by atoms with E-state index in [2.05, 4.69) is 11.4 Å². The number of fused-ring (bicyclic) bond motifs is 1. The number of benzene rings is 2. The van der Waals surface area contributed by atoms with Gasteiger partial charge in [0, 0.05) is 23.5 Å². The predicted molar refractivity (Wildman–Crippen MR) is 104 cm³/mol. The zero-order valence-corrected chi connectivity index (χ0v) is 16.1. The molecular formula is C21H22ClNO4. The highest BCUT2D eigenvalue weighted by Crippen LogP contribution is 2.42. The summed E-state index contributed by atoms with van der Waals surface area (Å²) >= 11 is 6.50. The fraction of sp³-hybridized carbons (Fsp3) is 0.381. The molecule has 1 aliphatic heterocycles. The van der Waals surface area contributed by atoms with E-state index in [0.29, 0.717) is 23.7 Å². The van der Waals surface area contributed by atoms with Gasteiger partial charge in [-0.2, -0.15) is 0 Å². The third-order valence-corrected chi connectivity index (χ3v) is 5.30. The standard InChI is InChI=1S/C21H22ClNO4/c1-25-15-5-6-19(26-2)17(10-15)13-7-14-8-16(27-20(14)18(22)9-13)11-23-21(24)12-3-4-12/h5-7,9-10,12,16H,3-4,8,11H2,1-2H3,(H,23,24)/t16-/m0/s1. The Kier molecular flexibility index (Phi) is 4.87. The molecule has 142 valence electrons. The molecule has 0 saturated heterocycles. The Morgan fingerprint density at radius 1 is 1.22 bits per heavy atom. The van der Waals surface area contributed by atoms with E-state index in [0.717, 1.165) is 41.0 Å². The van der Waals surface area contributed by atoms with Crippen LogP contribution in [0.25, 0.3) is 11.1 Å². The van der Waals surface area contributed by atoms with E-state index in [-0.39, 0.29) is 17.9 Å². The van der Waals surface area contributed by atoms with Gasteiger partial charge in [-0.15, -0.1) is 0 Å². The van der Waals surface area contributed by atoms with E-state index >= 15 is 0 Å². The van der Waals surface area contributed by atoms with Gasteiger partial charge in [-0.05, 0) is 48.7 Å². The first kappa shape index (κ1) is 18.0. The van der Waals surface area contributed by atoms with Crippen molar-refractivity contribution in [2.75, 3.05) is 20.8 Å².